The maximum absolute atomic E-state index is 10.7. The fourth-order valence-electron chi connectivity index (χ4n) is 6.95. The average molecular weight is 371 g/mol. The Balaban J connectivity index is 1.57. The molecule has 0 spiro atoms. The SMILES string of the molecule is CCCCCCC[C@@H]1C[C@@H]2[C@H](CC[C@]3(C)[C@@H](O)CC[C@@H]23)c2ccc(O)cc21. The molecule has 3 aliphatic carbocycles. The standard InChI is InChI=1S/C25H38O2/c1-3-4-5-6-7-8-17-15-22-20(19-10-9-18(26)16-21(17)19)13-14-25(2)23(22)11-12-24(25)27/h9-10,16-17,20,22-24,26-27H,3-8,11-15H2,1-2H3/t17-,20-,22-,23+,24+,25+/m1/s1. The van der Waals surface area contributed by atoms with E-state index in [9.17, 15) is 10.2 Å². The Hall–Kier alpha value is -1.02. The Bertz CT molecular complexity index is 654. The zero-order chi connectivity index (χ0) is 19.0. The van der Waals surface area contributed by atoms with Crippen LogP contribution in [0.25, 0.3) is 0 Å². The lowest BCUT2D eigenvalue weighted by Crippen LogP contribution is -2.44. The van der Waals surface area contributed by atoms with Gasteiger partial charge < -0.3 is 10.2 Å². The number of aliphatic hydroxyl groups is 1. The van der Waals surface area contributed by atoms with Crippen molar-refractivity contribution in [3.63, 3.8) is 0 Å². The van der Waals surface area contributed by atoms with Crippen LogP contribution < -0.4 is 0 Å². The molecule has 2 nitrogen and oxygen atoms in total. The number of rotatable bonds is 6. The van der Waals surface area contributed by atoms with E-state index in [-0.39, 0.29) is 11.5 Å². The number of phenolic OH excluding ortho intramolecular Hbond substituents is 1. The number of unbranched alkanes of at least 4 members (excludes halogenated alkanes) is 4. The number of aromatic hydroxyl groups is 1. The molecule has 0 saturated heterocycles. The van der Waals surface area contributed by atoms with Crippen LogP contribution in [0.15, 0.2) is 18.2 Å². The first kappa shape index (κ1) is 19.3. The summed E-state index contributed by atoms with van der Waals surface area (Å²) in [7, 11) is 0. The first-order valence-electron chi connectivity index (χ1n) is 11.6. The van der Waals surface area contributed by atoms with Gasteiger partial charge in [-0.3, -0.25) is 0 Å². The van der Waals surface area contributed by atoms with Crippen molar-refractivity contribution in [3.05, 3.63) is 29.3 Å². The minimum absolute atomic E-state index is 0.0999. The van der Waals surface area contributed by atoms with Gasteiger partial charge in [-0.05, 0) is 90.9 Å². The summed E-state index contributed by atoms with van der Waals surface area (Å²) in [4.78, 5) is 0. The Morgan fingerprint density at radius 3 is 2.67 bits per heavy atom. The van der Waals surface area contributed by atoms with Crippen LogP contribution in [-0.4, -0.2) is 16.3 Å². The van der Waals surface area contributed by atoms with E-state index in [1.165, 1.54) is 68.9 Å². The van der Waals surface area contributed by atoms with E-state index in [1.54, 1.807) is 0 Å². The number of hydrogen-bond donors (Lipinski definition) is 2. The van der Waals surface area contributed by atoms with E-state index in [0.29, 0.717) is 23.5 Å². The monoisotopic (exact) mass is 370 g/mol. The Kier molecular flexibility index (Phi) is 5.56. The van der Waals surface area contributed by atoms with Crippen LogP contribution in [-0.2, 0) is 0 Å². The molecule has 6 atom stereocenters. The smallest absolute Gasteiger partial charge is 0.115 e. The molecule has 0 bridgehead atoms. The van der Waals surface area contributed by atoms with Crippen LogP contribution >= 0.6 is 0 Å². The van der Waals surface area contributed by atoms with Crippen molar-refractivity contribution >= 4 is 0 Å². The predicted molar refractivity (Wildman–Crippen MR) is 111 cm³/mol. The first-order chi connectivity index (χ1) is 13.0. The van der Waals surface area contributed by atoms with E-state index < -0.39 is 0 Å². The fraction of sp³-hybridized carbons (Fsp3) is 0.760. The van der Waals surface area contributed by atoms with Crippen LogP contribution in [0.3, 0.4) is 0 Å². The highest BCUT2D eigenvalue weighted by Crippen LogP contribution is 2.62. The molecule has 1 aromatic carbocycles. The van der Waals surface area contributed by atoms with Gasteiger partial charge in [0.25, 0.3) is 0 Å². The third kappa shape index (κ3) is 3.43. The highest BCUT2D eigenvalue weighted by Gasteiger charge is 2.55. The molecule has 0 unspecified atom stereocenters. The van der Waals surface area contributed by atoms with E-state index in [2.05, 4.69) is 26.0 Å². The zero-order valence-corrected chi connectivity index (χ0v) is 17.3. The normalized spacial score (nSPS) is 37.5. The van der Waals surface area contributed by atoms with E-state index >= 15 is 0 Å². The predicted octanol–water partition coefficient (Wildman–Crippen LogP) is 6.51. The highest BCUT2D eigenvalue weighted by molar-refractivity contribution is 5.42. The molecular weight excluding hydrogens is 332 g/mol. The van der Waals surface area contributed by atoms with Gasteiger partial charge in [-0.1, -0.05) is 52.0 Å². The number of fused-ring (bicyclic) bond motifs is 5. The number of benzene rings is 1. The summed E-state index contributed by atoms with van der Waals surface area (Å²) >= 11 is 0. The number of aliphatic hydroxyl groups excluding tert-OH is 1. The molecule has 0 aromatic heterocycles. The lowest BCUT2D eigenvalue weighted by Gasteiger charge is -2.51. The van der Waals surface area contributed by atoms with Gasteiger partial charge in [-0.25, -0.2) is 0 Å². The summed E-state index contributed by atoms with van der Waals surface area (Å²) in [5, 5.41) is 20.8. The minimum Gasteiger partial charge on any atom is -0.508 e. The van der Waals surface area contributed by atoms with Crippen molar-refractivity contribution in [3.8, 4) is 5.75 Å². The summed E-state index contributed by atoms with van der Waals surface area (Å²) in [5.74, 6) is 3.06. The summed E-state index contributed by atoms with van der Waals surface area (Å²) in [5.41, 5.74) is 3.10. The molecular formula is C25H38O2. The molecule has 3 aliphatic rings. The van der Waals surface area contributed by atoms with Crippen LogP contribution in [0, 0.1) is 17.3 Å². The van der Waals surface area contributed by atoms with Crippen molar-refractivity contribution in [2.75, 3.05) is 0 Å². The molecule has 2 saturated carbocycles. The zero-order valence-electron chi connectivity index (χ0n) is 17.3. The van der Waals surface area contributed by atoms with Crippen LogP contribution in [0.1, 0.15) is 107 Å². The second-order valence-electron chi connectivity index (χ2n) is 9.96. The average Bonchev–Trinajstić information content (AvgIpc) is 2.96. The maximum atomic E-state index is 10.7. The second-order valence-corrected chi connectivity index (χ2v) is 9.96. The molecule has 150 valence electrons. The van der Waals surface area contributed by atoms with Crippen molar-refractivity contribution in [1.82, 2.24) is 0 Å². The van der Waals surface area contributed by atoms with E-state index in [0.717, 1.165) is 18.8 Å². The van der Waals surface area contributed by atoms with E-state index in [1.807, 2.05) is 6.07 Å². The third-order valence-corrected chi connectivity index (χ3v) is 8.51. The molecule has 2 heteroatoms. The molecule has 2 N–H and O–H groups in total. The quantitative estimate of drug-likeness (QED) is 0.560. The maximum Gasteiger partial charge on any atom is 0.115 e. The third-order valence-electron chi connectivity index (χ3n) is 8.51. The summed E-state index contributed by atoms with van der Waals surface area (Å²) in [6.45, 7) is 4.63. The van der Waals surface area contributed by atoms with E-state index in [4.69, 9.17) is 0 Å². The van der Waals surface area contributed by atoms with Crippen LogP contribution in [0.5, 0.6) is 5.75 Å². The van der Waals surface area contributed by atoms with Crippen molar-refractivity contribution in [2.24, 2.45) is 17.3 Å². The van der Waals surface area contributed by atoms with Crippen molar-refractivity contribution < 1.29 is 10.2 Å². The molecule has 4 rings (SSSR count). The lowest BCUT2D eigenvalue weighted by atomic mass is 9.53. The Morgan fingerprint density at radius 1 is 1.04 bits per heavy atom. The Labute approximate surface area is 165 Å². The first-order valence-corrected chi connectivity index (χ1v) is 11.6. The van der Waals surface area contributed by atoms with Crippen LogP contribution in [0.4, 0.5) is 0 Å². The molecule has 27 heavy (non-hydrogen) atoms. The van der Waals surface area contributed by atoms with Gasteiger partial charge in [-0.2, -0.15) is 0 Å². The fourth-order valence-corrected chi connectivity index (χ4v) is 6.95. The van der Waals surface area contributed by atoms with Crippen molar-refractivity contribution in [2.45, 2.75) is 102 Å². The summed E-state index contributed by atoms with van der Waals surface area (Å²) in [6.07, 6.45) is 13.6. The second kappa shape index (κ2) is 7.78. The minimum atomic E-state index is -0.0999. The highest BCUT2D eigenvalue weighted by atomic mass is 16.3. The molecule has 2 fully saturated rings. The Morgan fingerprint density at radius 2 is 1.85 bits per heavy atom. The topological polar surface area (TPSA) is 40.5 Å². The molecule has 0 amide bonds. The van der Waals surface area contributed by atoms with Crippen LogP contribution in [0.2, 0.25) is 0 Å². The molecule has 0 aliphatic heterocycles. The van der Waals surface area contributed by atoms with Gasteiger partial charge in [0.15, 0.2) is 0 Å². The molecule has 1 aromatic rings. The molecule has 0 heterocycles. The van der Waals surface area contributed by atoms with Gasteiger partial charge in [-0.15, -0.1) is 0 Å². The molecule has 0 radical (unpaired) electrons. The summed E-state index contributed by atoms with van der Waals surface area (Å²) < 4.78 is 0. The largest absolute Gasteiger partial charge is 0.508 e. The van der Waals surface area contributed by atoms with Gasteiger partial charge in [0.1, 0.15) is 5.75 Å². The van der Waals surface area contributed by atoms with Crippen molar-refractivity contribution in [1.29, 1.82) is 0 Å². The lowest BCUT2D eigenvalue weighted by molar-refractivity contribution is -0.0252. The number of phenols is 1. The van der Waals surface area contributed by atoms with Gasteiger partial charge in [0.2, 0.25) is 0 Å². The van der Waals surface area contributed by atoms with Gasteiger partial charge >= 0.3 is 0 Å². The van der Waals surface area contributed by atoms with Gasteiger partial charge in [0.05, 0.1) is 6.10 Å². The number of hydrogen-bond acceptors (Lipinski definition) is 2. The van der Waals surface area contributed by atoms with Gasteiger partial charge in [0, 0.05) is 0 Å². The summed E-state index contributed by atoms with van der Waals surface area (Å²) in [6, 6.07) is 6.19.